The van der Waals surface area contributed by atoms with E-state index in [1.807, 2.05) is 23.7 Å². The highest BCUT2D eigenvalue weighted by Gasteiger charge is 2.23. The average molecular weight is 427 g/mol. The number of hydrogen-bond donors (Lipinski definition) is 1. The fourth-order valence-corrected chi connectivity index (χ4v) is 4.12. The van der Waals surface area contributed by atoms with Crippen LogP contribution in [0.3, 0.4) is 0 Å². The van der Waals surface area contributed by atoms with Crippen molar-refractivity contribution in [1.82, 2.24) is 9.78 Å². The molecule has 1 aliphatic rings. The van der Waals surface area contributed by atoms with E-state index in [4.69, 9.17) is 4.74 Å². The second-order valence-electron chi connectivity index (χ2n) is 8.66. The molecule has 2 aromatic rings. The van der Waals surface area contributed by atoms with Crippen LogP contribution in [0.4, 0.5) is 11.4 Å². The third-order valence-electron chi connectivity index (χ3n) is 5.75. The molecule has 1 saturated heterocycles. The molecule has 1 fully saturated rings. The summed E-state index contributed by atoms with van der Waals surface area (Å²) >= 11 is 0. The van der Waals surface area contributed by atoms with Crippen LogP contribution in [-0.4, -0.2) is 35.2 Å². The van der Waals surface area contributed by atoms with Gasteiger partial charge in [0, 0.05) is 37.3 Å². The van der Waals surface area contributed by atoms with Crippen molar-refractivity contribution in [2.45, 2.75) is 66.3 Å². The van der Waals surface area contributed by atoms with Crippen molar-refractivity contribution in [3.05, 3.63) is 35.2 Å². The summed E-state index contributed by atoms with van der Waals surface area (Å²) in [7, 11) is 1.59. The minimum absolute atomic E-state index is 0.0588. The zero-order valence-corrected chi connectivity index (χ0v) is 19.3. The third kappa shape index (κ3) is 5.46. The first-order valence-corrected chi connectivity index (χ1v) is 11.1. The number of amides is 2. The lowest BCUT2D eigenvalue weighted by Gasteiger charge is -2.28. The van der Waals surface area contributed by atoms with E-state index in [1.165, 1.54) is 0 Å². The number of aromatic nitrogens is 2. The van der Waals surface area contributed by atoms with Gasteiger partial charge in [-0.1, -0.05) is 13.8 Å². The fourth-order valence-electron chi connectivity index (χ4n) is 4.12. The molecule has 1 aliphatic heterocycles. The Hall–Kier alpha value is -2.83. The van der Waals surface area contributed by atoms with E-state index in [0.29, 0.717) is 48.8 Å². The number of methoxy groups -OCH3 is 1. The number of carbonyl (C=O) groups excluding carboxylic acids is 2. The maximum absolute atomic E-state index is 12.6. The summed E-state index contributed by atoms with van der Waals surface area (Å²) in [5.74, 6) is 1.19. The Morgan fingerprint density at radius 3 is 2.71 bits per heavy atom. The summed E-state index contributed by atoms with van der Waals surface area (Å²) in [6, 6.07) is 5.44. The lowest BCUT2D eigenvalue weighted by Crippen LogP contribution is -2.35. The highest BCUT2D eigenvalue weighted by Crippen LogP contribution is 2.33. The maximum Gasteiger partial charge on any atom is 0.227 e. The molecule has 1 aromatic carbocycles. The van der Waals surface area contributed by atoms with Gasteiger partial charge in [-0.05, 0) is 62.8 Å². The highest BCUT2D eigenvalue weighted by atomic mass is 16.5. The molecule has 0 saturated carbocycles. The van der Waals surface area contributed by atoms with Gasteiger partial charge >= 0.3 is 0 Å². The van der Waals surface area contributed by atoms with Gasteiger partial charge < -0.3 is 15.0 Å². The van der Waals surface area contributed by atoms with Crippen molar-refractivity contribution < 1.29 is 14.3 Å². The monoisotopic (exact) mass is 426 g/mol. The molecule has 3 rings (SSSR count). The molecular formula is C24H34N4O3. The Morgan fingerprint density at radius 1 is 1.26 bits per heavy atom. The minimum Gasteiger partial charge on any atom is -0.495 e. The van der Waals surface area contributed by atoms with Gasteiger partial charge in [-0.25, -0.2) is 0 Å². The number of aryl methyl sites for hydroxylation is 1. The lowest BCUT2D eigenvalue weighted by atomic mass is 10.1. The molecule has 1 N–H and O–H groups in total. The predicted molar refractivity (Wildman–Crippen MR) is 123 cm³/mol. The van der Waals surface area contributed by atoms with Crippen molar-refractivity contribution in [3.63, 3.8) is 0 Å². The number of ether oxygens (including phenoxy) is 1. The third-order valence-corrected chi connectivity index (χ3v) is 5.75. The van der Waals surface area contributed by atoms with Crippen molar-refractivity contribution in [3.8, 4) is 5.75 Å². The van der Waals surface area contributed by atoms with Crippen LogP contribution in [0.25, 0.3) is 0 Å². The number of nitrogens with zero attached hydrogens (tertiary/aromatic N) is 3. The molecule has 31 heavy (non-hydrogen) atoms. The van der Waals surface area contributed by atoms with E-state index in [9.17, 15) is 9.59 Å². The summed E-state index contributed by atoms with van der Waals surface area (Å²) in [6.45, 7) is 9.96. The molecule has 2 amide bonds. The summed E-state index contributed by atoms with van der Waals surface area (Å²) in [5, 5.41) is 7.61. The Balaban J connectivity index is 1.68. The molecule has 7 heteroatoms. The summed E-state index contributed by atoms with van der Waals surface area (Å²) in [6.07, 6.45) is 3.45. The number of carbonyl (C=O) groups is 2. The van der Waals surface area contributed by atoms with Gasteiger partial charge in [-0.15, -0.1) is 0 Å². The number of nitrogens with one attached hydrogen (secondary N) is 1. The standard InChI is InChI=1S/C24H34N4O3/c1-16(2)15-28-18(4)20(17(3)26-28)10-12-23(29)25-19-9-11-22(31-5)21(14-19)27-13-7-6-8-24(27)30/h9,11,14,16H,6-8,10,12-13,15H2,1-5H3,(H,25,29). The van der Waals surface area contributed by atoms with Crippen LogP contribution in [0.1, 0.15) is 56.5 Å². The number of piperidine rings is 1. The molecule has 0 bridgehead atoms. The molecule has 0 spiro atoms. The smallest absolute Gasteiger partial charge is 0.227 e. The van der Waals surface area contributed by atoms with Crippen LogP contribution in [0, 0.1) is 19.8 Å². The molecule has 0 radical (unpaired) electrons. The highest BCUT2D eigenvalue weighted by molar-refractivity contribution is 5.97. The van der Waals surface area contributed by atoms with Crippen LogP contribution in [-0.2, 0) is 22.6 Å². The first kappa shape index (κ1) is 22.8. The Bertz CT molecular complexity index is 949. The zero-order chi connectivity index (χ0) is 22.5. The second-order valence-corrected chi connectivity index (χ2v) is 8.66. The Morgan fingerprint density at radius 2 is 2.03 bits per heavy atom. The Kier molecular flexibility index (Phi) is 7.36. The first-order chi connectivity index (χ1) is 14.8. The number of hydrogen-bond acceptors (Lipinski definition) is 4. The van der Waals surface area contributed by atoms with Crippen LogP contribution < -0.4 is 15.0 Å². The average Bonchev–Trinajstić information content (AvgIpc) is 2.98. The van der Waals surface area contributed by atoms with Crippen LogP contribution in [0.15, 0.2) is 18.2 Å². The fraction of sp³-hybridized carbons (Fsp3) is 0.542. The quantitative estimate of drug-likeness (QED) is 0.685. The van der Waals surface area contributed by atoms with Crippen molar-refractivity contribution in [1.29, 1.82) is 0 Å². The molecule has 0 unspecified atom stereocenters. The number of benzene rings is 1. The van der Waals surface area contributed by atoms with E-state index in [-0.39, 0.29) is 11.8 Å². The molecule has 7 nitrogen and oxygen atoms in total. The van der Waals surface area contributed by atoms with Crippen LogP contribution in [0.2, 0.25) is 0 Å². The van der Waals surface area contributed by atoms with Gasteiger partial charge in [0.25, 0.3) is 0 Å². The zero-order valence-electron chi connectivity index (χ0n) is 19.3. The molecule has 2 heterocycles. The van der Waals surface area contributed by atoms with Crippen LogP contribution >= 0.6 is 0 Å². The predicted octanol–water partition coefficient (Wildman–Crippen LogP) is 4.25. The molecular weight excluding hydrogens is 392 g/mol. The van der Waals surface area contributed by atoms with Crippen molar-refractivity contribution in [2.75, 3.05) is 23.9 Å². The number of rotatable bonds is 8. The maximum atomic E-state index is 12.6. The largest absolute Gasteiger partial charge is 0.495 e. The molecule has 1 aromatic heterocycles. The van der Waals surface area contributed by atoms with Gasteiger partial charge in [0.15, 0.2) is 0 Å². The first-order valence-electron chi connectivity index (χ1n) is 11.1. The van der Waals surface area contributed by atoms with E-state index < -0.39 is 0 Å². The Labute approximate surface area is 184 Å². The summed E-state index contributed by atoms with van der Waals surface area (Å²) < 4.78 is 7.49. The van der Waals surface area contributed by atoms with E-state index in [0.717, 1.165) is 36.3 Å². The van der Waals surface area contributed by atoms with Gasteiger partial charge in [0.05, 0.1) is 18.5 Å². The molecule has 0 aliphatic carbocycles. The van der Waals surface area contributed by atoms with Crippen molar-refractivity contribution >= 4 is 23.2 Å². The van der Waals surface area contributed by atoms with E-state index in [1.54, 1.807) is 18.1 Å². The SMILES string of the molecule is COc1ccc(NC(=O)CCc2c(C)nn(CC(C)C)c2C)cc1N1CCCCC1=O. The molecule has 0 atom stereocenters. The second kappa shape index (κ2) is 9.98. The number of anilines is 2. The van der Waals surface area contributed by atoms with E-state index in [2.05, 4.69) is 31.2 Å². The van der Waals surface area contributed by atoms with Gasteiger partial charge in [-0.3, -0.25) is 14.3 Å². The normalized spacial score (nSPS) is 14.3. The van der Waals surface area contributed by atoms with E-state index >= 15 is 0 Å². The molecule has 168 valence electrons. The lowest BCUT2D eigenvalue weighted by molar-refractivity contribution is -0.119. The van der Waals surface area contributed by atoms with Gasteiger partial charge in [0.1, 0.15) is 5.75 Å². The summed E-state index contributed by atoms with van der Waals surface area (Å²) in [5.41, 5.74) is 4.65. The van der Waals surface area contributed by atoms with Gasteiger partial charge in [-0.2, -0.15) is 5.10 Å². The summed E-state index contributed by atoms with van der Waals surface area (Å²) in [4.78, 5) is 26.8. The van der Waals surface area contributed by atoms with Crippen LogP contribution in [0.5, 0.6) is 5.75 Å². The van der Waals surface area contributed by atoms with Gasteiger partial charge in [0.2, 0.25) is 11.8 Å². The topological polar surface area (TPSA) is 76.5 Å². The van der Waals surface area contributed by atoms with Crippen molar-refractivity contribution in [2.24, 2.45) is 5.92 Å². The minimum atomic E-state index is -0.0588.